The first kappa shape index (κ1) is 19.1. The van der Waals surface area contributed by atoms with E-state index in [1.807, 2.05) is 30.3 Å². The first-order chi connectivity index (χ1) is 10.5. The summed E-state index contributed by atoms with van der Waals surface area (Å²) in [4.78, 5) is 0. The quantitative estimate of drug-likeness (QED) is 0.445. The van der Waals surface area contributed by atoms with Crippen LogP contribution >= 0.6 is 0 Å². The molecule has 0 saturated carbocycles. The average molecular weight is 328 g/mol. The SMILES string of the molecule is CCCCCCCCCC(OCS(=O)(=O)O)c1ccccc1. The smallest absolute Gasteiger partial charge is 0.289 e. The minimum Gasteiger partial charge on any atom is -0.355 e. The lowest BCUT2D eigenvalue weighted by atomic mass is 10.0. The van der Waals surface area contributed by atoms with Gasteiger partial charge in [-0.1, -0.05) is 82.2 Å². The van der Waals surface area contributed by atoms with Gasteiger partial charge in [-0.05, 0) is 12.0 Å². The Hall–Kier alpha value is -0.910. The highest BCUT2D eigenvalue weighted by molar-refractivity contribution is 7.85. The van der Waals surface area contributed by atoms with Gasteiger partial charge in [-0.25, -0.2) is 0 Å². The third-order valence-electron chi connectivity index (χ3n) is 3.66. The standard InChI is InChI=1S/C17H28O4S/c1-2-3-4-5-6-7-11-14-17(21-15-22(18,19)20)16-12-9-8-10-13-16/h8-10,12-13,17H,2-7,11,14-15H2,1H3,(H,18,19,20). The normalized spacial score (nSPS) is 13.2. The van der Waals surface area contributed by atoms with Crippen molar-refractivity contribution in [2.45, 2.75) is 64.4 Å². The first-order valence-corrected chi connectivity index (χ1v) is 9.75. The van der Waals surface area contributed by atoms with E-state index in [-0.39, 0.29) is 6.10 Å². The van der Waals surface area contributed by atoms with Crippen molar-refractivity contribution in [3.05, 3.63) is 35.9 Å². The molecule has 0 saturated heterocycles. The topological polar surface area (TPSA) is 63.6 Å². The molecule has 0 aromatic heterocycles. The Balaban J connectivity index is 2.39. The van der Waals surface area contributed by atoms with Crippen molar-refractivity contribution in [2.75, 3.05) is 5.94 Å². The Morgan fingerprint density at radius 3 is 2.18 bits per heavy atom. The van der Waals surface area contributed by atoms with Crippen molar-refractivity contribution in [2.24, 2.45) is 0 Å². The summed E-state index contributed by atoms with van der Waals surface area (Å²) >= 11 is 0. The van der Waals surface area contributed by atoms with Crippen LogP contribution in [0, 0.1) is 0 Å². The van der Waals surface area contributed by atoms with Crippen LogP contribution in [-0.2, 0) is 14.9 Å². The highest BCUT2D eigenvalue weighted by Gasteiger charge is 2.15. The molecule has 0 fully saturated rings. The van der Waals surface area contributed by atoms with Crippen LogP contribution in [0.2, 0.25) is 0 Å². The number of hydrogen-bond acceptors (Lipinski definition) is 3. The van der Waals surface area contributed by atoms with Gasteiger partial charge in [0.1, 0.15) is 0 Å². The maximum absolute atomic E-state index is 10.9. The molecule has 0 aliphatic carbocycles. The molecule has 0 bridgehead atoms. The van der Waals surface area contributed by atoms with Crippen LogP contribution < -0.4 is 0 Å². The van der Waals surface area contributed by atoms with Crippen LogP contribution in [0.15, 0.2) is 30.3 Å². The van der Waals surface area contributed by atoms with Crippen molar-refractivity contribution < 1.29 is 17.7 Å². The number of ether oxygens (including phenoxy) is 1. The fraction of sp³-hybridized carbons (Fsp3) is 0.647. The summed E-state index contributed by atoms with van der Waals surface area (Å²) in [6, 6.07) is 9.58. The number of rotatable bonds is 12. The Morgan fingerprint density at radius 2 is 1.59 bits per heavy atom. The van der Waals surface area contributed by atoms with E-state index < -0.39 is 16.1 Å². The van der Waals surface area contributed by atoms with Crippen LogP contribution in [0.1, 0.15) is 70.0 Å². The molecule has 0 radical (unpaired) electrons. The lowest BCUT2D eigenvalue weighted by molar-refractivity contribution is 0.0735. The lowest BCUT2D eigenvalue weighted by Crippen LogP contribution is -2.12. The molecular weight excluding hydrogens is 300 g/mol. The minimum atomic E-state index is -4.09. The monoisotopic (exact) mass is 328 g/mol. The average Bonchev–Trinajstić information content (AvgIpc) is 2.49. The second-order valence-electron chi connectivity index (χ2n) is 5.68. The molecule has 4 nitrogen and oxygen atoms in total. The lowest BCUT2D eigenvalue weighted by Gasteiger charge is -2.17. The van der Waals surface area contributed by atoms with Gasteiger partial charge < -0.3 is 4.74 Å². The molecule has 22 heavy (non-hydrogen) atoms. The highest BCUT2D eigenvalue weighted by Crippen LogP contribution is 2.24. The van der Waals surface area contributed by atoms with Crippen molar-refractivity contribution in [1.82, 2.24) is 0 Å². The van der Waals surface area contributed by atoms with Crippen molar-refractivity contribution in [3.8, 4) is 0 Å². The molecule has 5 heteroatoms. The molecule has 0 spiro atoms. The van der Waals surface area contributed by atoms with E-state index >= 15 is 0 Å². The summed E-state index contributed by atoms with van der Waals surface area (Å²) in [6.45, 7) is 2.21. The maximum atomic E-state index is 10.9. The fourth-order valence-electron chi connectivity index (χ4n) is 2.47. The van der Waals surface area contributed by atoms with Crippen molar-refractivity contribution >= 4 is 10.1 Å². The molecule has 1 aromatic rings. The number of unbranched alkanes of at least 4 members (excludes halogenated alkanes) is 6. The van der Waals surface area contributed by atoms with Crippen LogP contribution in [0.3, 0.4) is 0 Å². The van der Waals surface area contributed by atoms with Gasteiger partial charge >= 0.3 is 0 Å². The van der Waals surface area contributed by atoms with E-state index in [0.29, 0.717) is 0 Å². The van der Waals surface area contributed by atoms with Crippen molar-refractivity contribution in [3.63, 3.8) is 0 Å². The predicted octanol–water partition coefficient (Wildman–Crippen LogP) is 4.73. The Labute approximate surface area is 134 Å². The predicted molar refractivity (Wildman–Crippen MR) is 89.3 cm³/mol. The molecule has 1 unspecified atom stereocenters. The molecule has 0 aliphatic heterocycles. The summed E-state index contributed by atoms with van der Waals surface area (Å²) in [7, 11) is -4.09. The minimum absolute atomic E-state index is 0.279. The van der Waals surface area contributed by atoms with E-state index in [2.05, 4.69) is 6.92 Å². The van der Waals surface area contributed by atoms with Gasteiger partial charge in [0.15, 0.2) is 5.94 Å². The van der Waals surface area contributed by atoms with Crippen LogP contribution in [0.5, 0.6) is 0 Å². The van der Waals surface area contributed by atoms with Gasteiger partial charge in [-0.2, -0.15) is 8.42 Å². The summed E-state index contributed by atoms with van der Waals surface area (Å²) in [5.41, 5.74) is 0.956. The summed E-state index contributed by atoms with van der Waals surface area (Å²) in [5, 5.41) is 0. The third kappa shape index (κ3) is 9.18. The zero-order valence-corrected chi connectivity index (χ0v) is 14.2. The van der Waals surface area contributed by atoms with Gasteiger partial charge in [-0.3, -0.25) is 4.55 Å². The number of hydrogen-bond donors (Lipinski definition) is 1. The first-order valence-electron chi connectivity index (χ1n) is 8.14. The molecule has 0 aliphatic rings. The summed E-state index contributed by atoms with van der Waals surface area (Å²) in [5.74, 6) is -0.650. The molecule has 1 N–H and O–H groups in total. The van der Waals surface area contributed by atoms with Crippen LogP contribution in [-0.4, -0.2) is 18.9 Å². The summed E-state index contributed by atoms with van der Waals surface area (Å²) in [6.07, 6.45) is 8.92. The molecule has 126 valence electrons. The zero-order chi connectivity index (χ0) is 16.3. The molecule has 0 amide bonds. The molecular formula is C17H28O4S. The van der Waals surface area contributed by atoms with Crippen molar-refractivity contribution in [1.29, 1.82) is 0 Å². The van der Waals surface area contributed by atoms with E-state index in [1.165, 1.54) is 32.1 Å². The molecule has 1 rings (SSSR count). The van der Waals surface area contributed by atoms with Gasteiger partial charge in [0.05, 0.1) is 6.10 Å². The van der Waals surface area contributed by atoms with Crippen LogP contribution in [0.4, 0.5) is 0 Å². The van der Waals surface area contributed by atoms with Crippen LogP contribution in [0.25, 0.3) is 0 Å². The molecule has 1 atom stereocenters. The Bertz CT molecular complexity index is 485. The fourth-order valence-corrected chi connectivity index (χ4v) is 2.81. The third-order valence-corrected chi connectivity index (χ3v) is 4.09. The van der Waals surface area contributed by atoms with E-state index in [0.717, 1.165) is 24.8 Å². The maximum Gasteiger partial charge on any atom is 0.289 e. The highest BCUT2D eigenvalue weighted by atomic mass is 32.2. The van der Waals surface area contributed by atoms with E-state index in [9.17, 15) is 8.42 Å². The zero-order valence-electron chi connectivity index (χ0n) is 13.4. The second kappa shape index (κ2) is 10.8. The number of benzene rings is 1. The van der Waals surface area contributed by atoms with Gasteiger partial charge in [0.25, 0.3) is 10.1 Å². The summed E-state index contributed by atoms with van der Waals surface area (Å²) < 4.78 is 36.0. The van der Waals surface area contributed by atoms with Gasteiger partial charge in [0.2, 0.25) is 0 Å². The largest absolute Gasteiger partial charge is 0.355 e. The second-order valence-corrected chi connectivity index (χ2v) is 7.08. The van der Waals surface area contributed by atoms with E-state index in [4.69, 9.17) is 9.29 Å². The van der Waals surface area contributed by atoms with Gasteiger partial charge in [-0.15, -0.1) is 0 Å². The Morgan fingerprint density at radius 1 is 1.00 bits per heavy atom. The molecule has 1 aromatic carbocycles. The van der Waals surface area contributed by atoms with E-state index in [1.54, 1.807) is 0 Å². The Kier molecular flexibility index (Phi) is 9.36. The molecule has 0 heterocycles. The van der Waals surface area contributed by atoms with Gasteiger partial charge in [0, 0.05) is 0 Å².